The topological polar surface area (TPSA) is 96.9 Å². The molecule has 0 aliphatic rings. The first-order chi connectivity index (χ1) is 15.2. The number of benzene rings is 2. The smallest absolute Gasteiger partial charge is 0.262 e. The second-order valence-corrected chi connectivity index (χ2v) is 9.05. The molecule has 164 valence electrons. The molecule has 4 rings (SSSR count). The monoisotopic (exact) mass is 495 g/mol. The number of nitrogens with zero attached hydrogens (tertiary/aromatic N) is 3. The van der Waals surface area contributed by atoms with Crippen molar-refractivity contribution < 1.29 is 17.2 Å². The van der Waals surface area contributed by atoms with Crippen LogP contribution in [-0.4, -0.2) is 23.4 Å². The van der Waals surface area contributed by atoms with Crippen LogP contribution >= 0.6 is 23.2 Å². The van der Waals surface area contributed by atoms with E-state index >= 15 is 4.39 Å². The van der Waals surface area contributed by atoms with Crippen LogP contribution in [0, 0.1) is 18.6 Å². The Morgan fingerprint density at radius 1 is 1.00 bits per heavy atom. The van der Waals surface area contributed by atoms with E-state index in [9.17, 15) is 12.8 Å². The van der Waals surface area contributed by atoms with Gasteiger partial charge in [-0.2, -0.15) is 0 Å². The first kappa shape index (κ1) is 22.1. The van der Waals surface area contributed by atoms with E-state index in [1.807, 2.05) is 0 Å². The lowest BCUT2D eigenvalue weighted by Crippen LogP contribution is -2.16. The Labute approximate surface area is 191 Å². The zero-order valence-corrected chi connectivity index (χ0v) is 18.5. The highest BCUT2D eigenvalue weighted by atomic mass is 35.5. The van der Waals surface area contributed by atoms with E-state index in [1.54, 1.807) is 6.07 Å². The second-order valence-electron chi connectivity index (χ2n) is 6.60. The Morgan fingerprint density at radius 2 is 1.78 bits per heavy atom. The molecule has 2 heterocycles. The highest BCUT2D eigenvalue weighted by Gasteiger charge is 2.23. The van der Waals surface area contributed by atoms with Crippen molar-refractivity contribution >= 4 is 61.5 Å². The summed E-state index contributed by atoms with van der Waals surface area (Å²) in [5.74, 6) is -2.17. The summed E-state index contributed by atoms with van der Waals surface area (Å²) in [4.78, 5) is 11.9. The zero-order chi connectivity index (χ0) is 23.0. The summed E-state index contributed by atoms with van der Waals surface area (Å²) in [5, 5.41) is 2.89. The first-order valence-corrected chi connectivity index (χ1v) is 11.2. The molecule has 0 bridgehead atoms. The van der Waals surface area contributed by atoms with E-state index < -0.39 is 33.0 Å². The van der Waals surface area contributed by atoms with Gasteiger partial charge in [-0.15, -0.1) is 0 Å². The molecule has 0 aliphatic heterocycles. The molecule has 0 fully saturated rings. The lowest BCUT2D eigenvalue weighted by atomic mass is 10.2. The molecule has 0 radical (unpaired) electrons. The molecule has 0 saturated carbocycles. The number of pyridine rings is 1. The zero-order valence-electron chi connectivity index (χ0n) is 16.2. The molecule has 7 nitrogen and oxygen atoms in total. The van der Waals surface area contributed by atoms with Gasteiger partial charge in [0.1, 0.15) is 28.5 Å². The first-order valence-electron chi connectivity index (χ1n) is 8.97. The predicted molar refractivity (Wildman–Crippen MR) is 119 cm³/mol. The van der Waals surface area contributed by atoms with Crippen molar-refractivity contribution in [1.82, 2.24) is 15.0 Å². The fourth-order valence-electron chi connectivity index (χ4n) is 2.95. The minimum absolute atomic E-state index is 0.0130. The summed E-state index contributed by atoms with van der Waals surface area (Å²) >= 11 is 11.9. The third-order valence-electron chi connectivity index (χ3n) is 4.53. The number of rotatable bonds is 5. The SMILES string of the molecule is Cc1c(Cl)cccc1S(=O)(=O)Nc1ccc(F)c(Nc2ncnc3ccc(Cl)nc23)c1F. The van der Waals surface area contributed by atoms with Crippen LogP contribution in [0.25, 0.3) is 11.0 Å². The van der Waals surface area contributed by atoms with Gasteiger partial charge in [0.15, 0.2) is 11.6 Å². The van der Waals surface area contributed by atoms with Crippen LogP contribution < -0.4 is 10.0 Å². The number of aromatic nitrogens is 3. The quantitative estimate of drug-likeness (QED) is 0.356. The number of anilines is 3. The standard InChI is InChI=1S/C20H13Cl2F2N5O2S/c1-10-11(21)3-2-4-15(10)32(30,31)29-13-6-5-12(23)18(17(13)24)28-20-19-14(25-9-26-20)7-8-16(22)27-19/h2-9,29H,1H3,(H,25,26,28). The maximum atomic E-state index is 15.2. The lowest BCUT2D eigenvalue weighted by Gasteiger charge is -2.15. The number of halogens is 4. The third-order valence-corrected chi connectivity index (χ3v) is 6.66. The average Bonchev–Trinajstić information content (AvgIpc) is 2.75. The van der Waals surface area contributed by atoms with Crippen molar-refractivity contribution in [3.05, 3.63) is 76.2 Å². The molecule has 2 N–H and O–H groups in total. The molecule has 0 spiro atoms. The molecule has 0 amide bonds. The fourth-order valence-corrected chi connectivity index (χ4v) is 4.66. The highest BCUT2D eigenvalue weighted by molar-refractivity contribution is 7.92. The molecule has 32 heavy (non-hydrogen) atoms. The summed E-state index contributed by atoms with van der Waals surface area (Å²) < 4.78 is 57.4. The molecule has 0 saturated heterocycles. The van der Waals surface area contributed by atoms with Gasteiger partial charge in [-0.05, 0) is 48.9 Å². The Bertz CT molecular complexity index is 1470. The summed E-state index contributed by atoms with van der Waals surface area (Å²) in [6.07, 6.45) is 1.19. The van der Waals surface area contributed by atoms with Crippen LogP contribution in [-0.2, 0) is 10.0 Å². The molecule has 0 aliphatic carbocycles. The average molecular weight is 496 g/mol. The molecule has 0 unspecified atom stereocenters. The number of hydrogen-bond donors (Lipinski definition) is 2. The van der Waals surface area contributed by atoms with E-state index in [2.05, 4.69) is 25.0 Å². The van der Waals surface area contributed by atoms with Crippen molar-refractivity contribution in [3.8, 4) is 0 Å². The van der Waals surface area contributed by atoms with Crippen LogP contribution in [0.2, 0.25) is 10.2 Å². The van der Waals surface area contributed by atoms with Gasteiger partial charge in [0.05, 0.1) is 16.1 Å². The predicted octanol–water partition coefficient (Wildman–Crippen LogP) is 5.46. The van der Waals surface area contributed by atoms with Gasteiger partial charge in [-0.3, -0.25) is 4.72 Å². The second kappa shape index (κ2) is 8.45. The fraction of sp³-hybridized carbons (Fsp3) is 0.0500. The Hall–Kier alpha value is -3.08. The van der Waals surface area contributed by atoms with Gasteiger partial charge < -0.3 is 5.32 Å². The van der Waals surface area contributed by atoms with Crippen LogP contribution in [0.5, 0.6) is 0 Å². The van der Waals surface area contributed by atoms with Gasteiger partial charge in [-0.1, -0.05) is 29.3 Å². The number of nitrogens with one attached hydrogen (secondary N) is 2. The number of hydrogen-bond acceptors (Lipinski definition) is 6. The minimum Gasteiger partial charge on any atom is -0.333 e. The largest absolute Gasteiger partial charge is 0.333 e. The lowest BCUT2D eigenvalue weighted by molar-refractivity contribution is 0.588. The van der Waals surface area contributed by atoms with E-state index in [0.29, 0.717) is 5.52 Å². The molecule has 0 atom stereocenters. The van der Waals surface area contributed by atoms with Gasteiger partial charge >= 0.3 is 0 Å². The van der Waals surface area contributed by atoms with Gasteiger partial charge in [0, 0.05) is 5.02 Å². The van der Waals surface area contributed by atoms with Crippen molar-refractivity contribution in [1.29, 1.82) is 0 Å². The molecular weight excluding hydrogens is 483 g/mol. The summed E-state index contributed by atoms with van der Waals surface area (Å²) in [5.41, 5.74) is -0.245. The Morgan fingerprint density at radius 3 is 2.56 bits per heavy atom. The van der Waals surface area contributed by atoms with Crippen LogP contribution in [0.15, 0.2) is 53.7 Å². The van der Waals surface area contributed by atoms with Crippen molar-refractivity contribution in [2.75, 3.05) is 10.0 Å². The minimum atomic E-state index is -4.21. The summed E-state index contributed by atoms with van der Waals surface area (Å²) in [6, 6.07) is 9.28. The molecule has 2 aromatic carbocycles. The molecule has 4 aromatic rings. The van der Waals surface area contributed by atoms with E-state index in [1.165, 1.54) is 37.5 Å². The van der Waals surface area contributed by atoms with Gasteiger partial charge in [0.25, 0.3) is 10.0 Å². The Balaban J connectivity index is 1.75. The van der Waals surface area contributed by atoms with E-state index in [4.69, 9.17) is 23.2 Å². The van der Waals surface area contributed by atoms with Gasteiger partial charge in [0.2, 0.25) is 0 Å². The molecule has 12 heteroatoms. The van der Waals surface area contributed by atoms with Crippen molar-refractivity contribution in [3.63, 3.8) is 0 Å². The highest BCUT2D eigenvalue weighted by Crippen LogP contribution is 2.32. The van der Waals surface area contributed by atoms with Gasteiger partial charge in [-0.25, -0.2) is 32.2 Å². The summed E-state index contributed by atoms with van der Waals surface area (Å²) in [6.45, 7) is 1.52. The number of fused-ring (bicyclic) bond motifs is 1. The Kier molecular flexibility index (Phi) is 5.85. The third kappa shape index (κ3) is 4.16. The van der Waals surface area contributed by atoms with Crippen molar-refractivity contribution in [2.45, 2.75) is 11.8 Å². The van der Waals surface area contributed by atoms with E-state index in [0.717, 1.165) is 12.1 Å². The normalized spacial score (nSPS) is 11.5. The van der Waals surface area contributed by atoms with E-state index in [-0.39, 0.29) is 32.0 Å². The molecular formula is C20H13Cl2F2N5O2S. The van der Waals surface area contributed by atoms with Crippen LogP contribution in [0.4, 0.5) is 26.0 Å². The maximum absolute atomic E-state index is 15.2. The molecule has 2 aromatic heterocycles. The summed E-state index contributed by atoms with van der Waals surface area (Å²) in [7, 11) is -4.21. The van der Waals surface area contributed by atoms with Crippen molar-refractivity contribution in [2.24, 2.45) is 0 Å². The maximum Gasteiger partial charge on any atom is 0.262 e. The number of sulfonamides is 1. The van der Waals surface area contributed by atoms with Crippen LogP contribution in [0.3, 0.4) is 0 Å². The van der Waals surface area contributed by atoms with Crippen LogP contribution in [0.1, 0.15) is 5.56 Å².